The van der Waals surface area contributed by atoms with E-state index in [9.17, 15) is 9.59 Å². The molecule has 0 aromatic heterocycles. The van der Waals surface area contributed by atoms with E-state index in [0.29, 0.717) is 28.0 Å². The van der Waals surface area contributed by atoms with Gasteiger partial charge in [0.15, 0.2) is 0 Å². The van der Waals surface area contributed by atoms with E-state index < -0.39 is 17.9 Å². The van der Waals surface area contributed by atoms with Gasteiger partial charge in [-0.3, -0.25) is 4.79 Å². The van der Waals surface area contributed by atoms with E-state index in [-0.39, 0.29) is 0 Å². The second-order valence-corrected chi connectivity index (χ2v) is 5.83. The van der Waals surface area contributed by atoms with Gasteiger partial charge in [-0.1, -0.05) is 0 Å². The number of amides is 1. The molecule has 0 bridgehead atoms. The molecule has 0 fully saturated rings. The minimum Gasteiger partial charge on any atom is -0.497 e. The third kappa shape index (κ3) is 4.72. The number of ether oxygens (including phenoxy) is 1. The number of benzene rings is 1. The summed E-state index contributed by atoms with van der Waals surface area (Å²) in [6.45, 7) is 0. The molecule has 110 valence electrons. The molecule has 1 aromatic carbocycles. The number of carboxylic acid groups (broad SMARTS) is 1. The molecule has 5 nitrogen and oxygen atoms in total. The topological polar surface area (TPSA) is 75.6 Å². The van der Waals surface area contributed by atoms with Crippen LogP contribution in [0.4, 0.5) is 0 Å². The van der Waals surface area contributed by atoms with Crippen LogP contribution in [-0.4, -0.2) is 42.1 Å². The van der Waals surface area contributed by atoms with Gasteiger partial charge in [0.05, 0.1) is 12.7 Å². The second kappa shape index (κ2) is 8.16. The van der Waals surface area contributed by atoms with E-state index in [4.69, 9.17) is 9.84 Å². The largest absolute Gasteiger partial charge is 0.497 e. The van der Waals surface area contributed by atoms with Gasteiger partial charge < -0.3 is 15.2 Å². The quantitative estimate of drug-likeness (QED) is 0.779. The smallest absolute Gasteiger partial charge is 0.326 e. The molecule has 7 heteroatoms. The number of hydrogen-bond donors (Lipinski definition) is 2. The zero-order valence-electron chi connectivity index (χ0n) is 11.2. The summed E-state index contributed by atoms with van der Waals surface area (Å²) in [5.74, 6) is -0.277. The molecule has 1 unspecified atom stereocenters. The first-order valence-corrected chi connectivity index (χ1v) is 8.04. The van der Waals surface area contributed by atoms with Crippen LogP contribution in [0.3, 0.4) is 0 Å². The number of carbonyl (C=O) groups is 2. The zero-order valence-corrected chi connectivity index (χ0v) is 13.6. The molecular weight excluding hydrogens is 346 g/mol. The van der Waals surface area contributed by atoms with Gasteiger partial charge in [0.2, 0.25) is 0 Å². The summed E-state index contributed by atoms with van der Waals surface area (Å²) in [4.78, 5) is 23.3. The van der Waals surface area contributed by atoms with Crippen LogP contribution >= 0.6 is 27.7 Å². The second-order valence-electron chi connectivity index (χ2n) is 3.99. The van der Waals surface area contributed by atoms with Crippen LogP contribution in [0.15, 0.2) is 22.7 Å². The molecule has 0 aliphatic rings. The van der Waals surface area contributed by atoms with E-state index in [1.807, 2.05) is 6.26 Å². The van der Waals surface area contributed by atoms with Crippen LogP contribution in [0, 0.1) is 0 Å². The third-order valence-electron chi connectivity index (χ3n) is 2.63. The first-order valence-electron chi connectivity index (χ1n) is 5.85. The van der Waals surface area contributed by atoms with Crippen LogP contribution in [0.1, 0.15) is 16.8 Å². The average molecular weight is 362 g/mol. The van der Waals surface area contributed by atoms with Crippen molar-refractivity contribution in [3.8, 4) is 5.75 Å². The van der Waals surface area contributed by atoms with E-state index in [2.05, 4.69) is 21.2 Å². The lowest BCUT2D eigenvalue weighted by atomic mass is 10.1. The predicted molar refractivity (Wildman–Crippen MR) is 82.6 cm³/mol. The number of thioether (sulfide) groups is 1. The molecule has 20 heavy (non-hydrogen) atoms. The van der Waals surface area contributed by atoms with Gasteiger partial charge in [0, 0.05) is 4.47 Å². The fourth-order valence-corrected chi connectivity index (χ4v) is 2.43. The standard InChI is InChI=1S/C13H16BrNO4S/c1-19-8-3-4-10(14)9(7-8)12(16)15-11(13(17)18)5-6-20-2/h3-4,7,11H,5-6H2,1-2H3,(H,15,16)(H,17,18). The summed E-state index contributed by atoms with van der Waals surface area (Å²) in [5.41, 5.74) is 0.347. The third-order valence-corrected chi connectivity index (χ3v) is 3.97. The van der Waals surface area contributed by atoms with Crippen molar-refractivity contribution in [3.05, 3.63) is 28.2 Å². The van der Waals surface area contributed by atoms with Crippen molar-refractivity contribution in [2.24, 2.45) is 0 Å². The fourth-order valence-electron chi connectivity index (χ4n) is 1.53. The van der Waals surface area contributed by atoms with E-state index >= 15 is 0 Å². The Hall–Kier alpha value is -1.21. The maximum atomic E-state index is 12.1. The molecule has 0 radical (unpaired) electrons. The average Bonchev–Trinajstić information content (AvgIpc) is 2.43. The molecule has 0 spiro atoms. The lowest BCUT2D eigenvalue weighted by Gasteiger charge is -2.15. The first-order chi connectivity index (χ1) is 9.49. The van der Waals surface area contributed by atoms with Crippen LogP contribution in [0.2, 0.25) is 0 Å². The van der Waals surface area contributed by atoms with Crippen LogP contribution < -0.4 is 10.1 Å². The van der Waals surface area contributed by atoms with Crippen molar-refractivity contribution in [2.75, 3.05) is 19.1 Å². The lowest BCUT2D eigenvalue weighted by molar-refractivity contribution is -0.139. The van der Waals surface area contributed by atoms with E-state index in [1.54, 1.807) is 18.2 Å². The van der Waals surface area contributed by atoms with E-state index in [0.717, 1.165) is 0 Å². The maximum Gasteiger partial charge on any atom is 0.326 e. The van der Waals surface area contributed by atoms with Crippen molar-refractivity contribution < 1.29 is 19.4 Å². The Morgan fingerprint density at radius 3 is 2.75 bits per heavy atom. The summed E-state index contributed by atoms with van der Waals surface area (Å²) < 4.78 is 5.64. The van der Waals surface area contributed by atoms with Crippen LogP contribution in [0.25, 0.3) is 0 Å². The minimum atomic E-state index is -1.04. The maximum absolute atomic E-state index is 12.1. The molecule has 1 atom stereocenters. The number of aliphatic carboxylic acids is 1. The number of methoxy groups -OCH3 is 1. The number of hydrogen-bond acceptors (Lipinski definition) is 4. The summed E-state index contributed by atoms with van der Waals surface area (Å²) in [6.07, 6.45) is 2.27. The molecule has 2 N–H and O–H groups in total. The molecule has 1 rings (SSSR count). The highest BCUT2D eigenvalue weighted by molar-refractivity contribution is 9.10. The molecule has 1 aromatic rings. The summed E-state index contributed by atoms with van der Waals surface area (Å²) in [7, 11) is 1.50. The fraction of sp³-hybridized carbons (Fsp3) is 0.385. The van der Waals surface area contributed by atoms with E-state index in [1.165, 1.54) is 18.9 Å². The normalized spacial score (nSPS) is 11.8. The number of nitrogens with one attached hydrogen (secondary N) is 1. The summed E-state index contributed by atoms with van der Waals surface area (Å²) in [5, 5.41) is 11.6. The van der Waals surface area contributed by atoms with Crippen molar-refractivity contribution in [3.63, 3.8) is 0 Å². The van der Waals surface area contributed by atoms with Gasteiger partial charge in [-0.25, -0.2) is 4.79 Å². The van der Waals surface area contributed by atoms with Crippen LogP contribution in [-0.2, 0) is 4.79 Å². The van der Waals surface area contributed by atoms with Crippen LogP contribution in [0.5, 0.6) is 5.75 Å². The number of carbonyl (C=O) groups excluding carboxylic acids is 1. The van der Waals surface area contributed by atoms with Gasteiger partial charge in [-0.2, -0.15) is 11.8 Å². The van der Waals surface area contributed by atoms with Gasteiger partial charge in [-0.05, 0) is 52.6 Å². The number of carboxylic acids is 1. The lowest BCUT2D eigenvalue weighted by Crippen LogP contribution is -2.41. The van der Waals surface area contributed by atoms with Gasteiger partial charge in [0.1, 0.15) is 11.8 Å². The van der Waals surface area contributed by atoms with Crippen molar-refractivity contribution in [2.45, 2.75) is 12.5 Å². The van der Waals surface area contributed by atoms with Gasteiger partial charge in [0.25, 0.3) is 5.91 Å². The number of rotatable bonds is 7. The molecule has 0 heterocycles. The Morgan fingerprint density at radius 1 is 1.50 bits per heavy atom. The van der Waals surface area contributed by atoms with Crippen molar-refractivity contribution >= 4 is 39.6 Å². The minimum absolute atomic E-state index is 0.347. The van der Waals surface area contributed by atoms with Crippen molar-refractivity contribution in [1.82, 2.24) is 5.32 Å². The first kappa shape index (κ1) is 16.8. The zero-order chi connectivity index (χ0) is 15.1. The van der Waals surface area contributed by atoms with Gasteiger partial charge >= 0.3 is 5.97 Å². The molecule has 0 aliphatic carbocycles. The summed E-state index contributed by atoms with van der Waals surface area (Å²) in [6, 6.07) is 4.06. The highest BCUT2D eigenvalue weighted by Gasteiger charge is 2.21. The molecule has 0 saturated carbocycles. The molecular formula is C13H16BrNO4S. The highest BCUT2D eigenvalue weighted by atomic mass is 79.9. The monoisotopic (exact) mass is 361 g/mol. The Labute approximate surface area is 130 Å². The van der Waals surface area contributed by atoms with Gasteiger partial charge in [-0.15, -0.1) is 0 Å². The Morgan fingerprint density at radius 2 is 2.20 bits per heavy atom. The number of halogens is 1. The highest BCUT2D eigenvalue weighted by Crippen LogP contribution is 2.22. The molecule has 1 amide bonds. The molecule has 0 saturated heterocycles. The summed E-state index contributed by atoms with van der Waals surface area (Å²) >= 11 is 4.81. The Balaban J connectivity index is 2.85. The van der Waals surface area contributed by atoms with Crippen molar-refractivity contribution in [1.29, 1.82) is 0 Å². The molecule has 0 aliphatic heterocycles. The predicted octanol–water partition coefficient (Wildman–Crippen LogP) is 2.39. The SMILES string of the molecule is COc1ccc(Br)c(C(=O)NC(CCSC)C(=O)O)c1. The Bertz CT molecular complexity index is 495. The Kier molecular flexibility index (Phi) is 6.87.